The van der Waals surface area contributed by atoms with Gasteiger partial charge in [0, 0.05) is 11.6 Å². The van der Waals surface area contributed by atoms with Gasteiger partial charge in [-0.15, -0.1) is 0 Å². The summed E-state index contributed by atoms with van der Waals surface area (Å²) in [6, 6.07) is 7.43. The summed E-state index contributed by atoms with van der Waals surface area (Å²) in [5, 5.41) is 14.8. The van der Waals surface area contributed by atoms with Crippen LogP contribution in [0, 0.1) is 5.21 Å². The van der Waals surface area contributed by atoms with Crippen LogP contribution >= 0.6 is 0 Å². The summed E-state index contributed by atoms with van der Waals surface area (Å²) < 4.78 is 0. The maximum Gasteiger partial charge on any atom is 0.165 e. The zero-order chi connectivity index (χ0) is 8.39. The predicted molar refractivity (Wildman–Crippen MR) is 48.0 cm³/mol. The number of benzene rings is 1. The SMILES string of the molecule is [O-][NH+]1N=CC=Cc2ccccc21. The molecule has 1 atom stereocenters. The second-order valence-electron chi connectivity index (χ2n) is 2.53. The molecule has 60 valence electrons. The molecule has 0 amide bonds. The number of nitrogens with one attached hydrogen (secondary N) is 1. The Balaban J connectivity index is 2.56. The average Bonchev–Trinajstić information content (AvgIpc) is 2.29. The van der Waals surface area contributed by atoms with Crippen LogP contribution in [0.4, 0.5) is 5.69 Å². The van der Waals surface area contributed by atoms with Crippen LogP contribution in [-0.4, -0.2) is 6.21 Å². The Morgan fingerprint density at radius 1 is 1.25 bits per heavy atom. The van der Waals surface area contributed by atoms with E-state index in [2.05, 4.69) is 5.10 Å². The quantitative estimate of drug-likeness (QED) is 0.558. The van der Waals surface area contributed by atoms with E-state index in [1.165, 1.54) is 6.21 Å². The molecule has 2 rings (SSSR count). The molecule has 0 aromatic heterocycles. The van der Waals surface area contributed by atoms with Crippen LogP contribution < -0.4 is 5.17 Å². The highest BCUT2D eigenvalue weighted by molar-refractivity contribution is 5.80. The largest absolute Gasteiger partial charge is 0.601 e. The molecular formula is C9H8N2O. The van der Waals surface area contributed by atoms with Crippen LogP contribution in [0.25, 0.3) is 6.08 Å². The maximum atomic E-state index is 11.3. The number of nitrogens with zero attached hydrogens (tertiary/aromatic N) is 1. The van der Waals surface area contributed by atoms with E-state index in [-0.39, 0.29) is 5.17 Å². The Bertz CT molecular complexity index is 344. The lowest BCUT2D eigenvalue weighted by atomic mass is 10.2. The highest BCUT2D eigenvalue weighted by Crippen LogP contribution is 2.12. The highest BCUT2D eigenvalue weighted by Gasteiger charge is 2.06. The number of quaternary nitrogens is 1. The van der Waals surface area contributed by atoms with Crippen LogP contribution in [0.2, 0.25) is 0 Å². The standard InChI is InChI=1S/C9H8N2O/c12-11-9-6-2-1-4-8(9)5-3-7-10-11/h1-7,11H. The van der Waals surface area contributed by atoms with Crippen molar-refractivity contribution in [3.8, 4) is 0 Å². The highest BCUT2D eigenvalue weighted by atomic mass is 16.5. The molecule has 1 aliphatic rings. The van der Waals surface area contributed by atoms with E-state index < -0.39 is 0 Å². The normalized spacial score (nSPS) is 20.2. The van der Waals surface area contributed by atoms with Gasteiger partial charge in [0.2, 0.25) is 0 Å². The molecular weight excluding hydrogens is 152 g/mol. The summed E-state index contributed by atoms with van der Waals surface area (Å²) in [7, 11) is 0. The van der Waals surface area contributed by atoms with Crippen molar-refractivity contribution in [1.82, 2.24) is 0 Å². The van der Waals surface area contributed by atoms with E-state index in [1.54, 1.807) is 12.1 Å². The molecule has 12 heavy (non-hydrogen) atoms. The summed E-state index contributed by atoms with van der Waals surface area (Å²) in [5.74, 6) is 0. The van der Waals surface area contributed by atoms with Crippen LogP contribution in [0.1, 0.15) is 5.56 Å². The molecule has 1 aliphatic heterocycles. The summed E-state index contributed by atoms with van der Waals surface area (Å²) in [5.41, 5.74) is 1.60. The van der Waals surface area contributed by atoms with Crippen LogP contribution in [-0.2, 0) is 0 Å². The third-order valence-electron chi connectivity index (χ3n) is 1.74. The van der Waals surface area contributed by atoms with Gasteiger partial charge in [0.05, 0.1) is 6.21 Å². The summed E-state index contributed by atoms with van der Waals surface area (Å²) in [6.45, 7) is 0. The molecule has 0 fully saturated rings. The molecule has 0 radical (unpaired) electrons. The van der Waals surface area contributed by atoms with Crippen molar-refractivity contribution < 1.29 is 5.17 Å². The van der Waals surface area contributed by atoms with Crippen molar-refractivity contribution in [1.29, 1.82) is 0 Å². The fourth-order valence-corrected chi connectivity index (χ4v) is 1.16. The number of hydrogen-bond donors (Lipinski definition) is 1. The van der Waals surface area contributed by atoms with Crippen LogP contribution in [0.15, 0.2) is 35.4 Å². The molecule has 0 bridgehead atoms. The molecule has 1 unspecified atom stereocenters. The number of fused-ring (bicyclic) bond motifs is 1. The summed E-state index contributed by atoms with van der Waals surface area (Å²) >= 11 is 0. The van der Waals surface area contributed by atoms with Crippen LogP contribution in [0.3, 0.4) is 0 Å². The van der Waals surface area contributed by atoms with E-state index >= 15 is 0 Å². The Morgan fingerprint density at radius 3 is 3.00 bits per heavy atom. The molecule has 3 heteroatoms. The van der Waals surface area contributed by atoms with E-state index in [0.717, 1.165) is 5.56 Å². The summed E-state index contributed by atoms with van der Waals surface area (Å²) in [6.07, 6.45) is 5.16. The van der Waals surface area contributed by atoms with Gasteiger partial charge >= 0.3 is 0 Å². The Morgan fingerprint density at radius 2 is 2.08 bits per heavy atom. The van der Waals surface area contributed by atoms with Crippen molar-refractivity contribution in [2.24, 2.45) is 5.10 Å². The third kappa shape index (κ3) is 1.15. The van der Waals surface area contributed by atoms with Gasteiger partial charge in [0.25, 0.3) is 0 Å². The minimum absolute atomic E-state index is 0.171. The Labute approximate surface area is 70.2 Å². The molecule has 0 spiro atoms. The fourth-order valence-electron chi connectivity index (χ4n) is 1.16. The first kappa shape index (κ1) is 7.21. The van der Waals surface area contributed by atoms with Crippen molar-refractivity contribution in [3.05, 3.63) is 41.1 Å². The van der Waals surface area contributed by atoms with Crippen LogP contribution in [0.5, 0.6) is 0 Å². The molecule has 1 heterocycles. The van der Waals surface area contributed by atoms with Gasteiger partial charge in [-0.25, -0.2) is 5.17 Å². The van der Waals surface area contributed by atoms with Gasteiger partial charge in [0.1, 0.15) is 0 Å². The molecule has 3 nitrogen and oxygen atoms in total. The molecule has 1 aromatic carbocycles. The van der Waals surface area contributed by atoms with Gasteiger partial charge in [-0.2, -0.15) is 0 Å². The first-order chi connectivity index (χ1) is 5.88. The number of rotatable bonds is 0. The van der Waals surface area contributed by atoms with Gasteiger partial charge < -0.3 is 5.21 Å². The monoisotopic (exact) mass is 160 g/mol. The minimum atomic E-state index is -0.171. The first-order valence-electron chi connectivity index (χ1n) is 3.72. The minimum Gasteiger partial charge on any atom is -0.601 e. The van der Waals surface area contributed by atoms with Crippen molar-refractivity contribution in [2.45, 2.75) is 0 Å². The van der Waals surface area contributed by atoms with E-state index in [9.17, 15) is 5.21 Å². The fraction of sp³-hybridized carbons (Fsp3) is 0. The number of allylic oxidation sites excluding steroid dienone is 1. The Kier molecular flexibility index (Phi) is 1.74. The molecule has 1 N–H and O–H groups in total. The van der Waals surface area contributed by atoms with Gasteiger partial charge in [-0.05, 0) is 18.2 Å². The molecule has 1 aromatic rings. The smallest absolute Gasteiger partial charge is 0.165 e. The topological polar surface area (TPSA) is 39.9 Å². The lowest BCUT2D eigenvalue weighted by molar-refractivity contribution is -0.783. The second-order valence-corrected chi connectivity index (χ2v) is 2.53. The van der Waals surface area contributed by atoms with E-state index in [0.29, 0.717) is 5.69 Å². The third-order valence-corrected chi connectivity index (χ3v) is 1.74. The lowest BCUT2D eigenvalue weighted by Gasteiger charge is -2.14. The van der Waals surface area contributed by atoms with Crippen molar-refractivity contribution in [2.75, 3.05) is 0 Å². The van der Waals surface area contributed by atoms with Crippen molar-refractivity contribution >= 4 is 18.0 Å². The molecule has 0 saturated heterocycles. The van der Waals surface area contributed by atoms with Gasteiger partial charge in [0.15, 0.2) is 5.69 Å². The second kappa shape index (κ2) is 2.89. The maximum absolute atomic E-state index is 11.3. The lowest BCUT2D eigenvalue weighted by Crippen LogP contribution is -2.96. The average molecular weight is 160 g/mol. The predicted octanol–water partition coefficient (Wildman–Crippen LogP) is 0.713. The summed E-state index contributed by atoms with van der Waals surface area (Å²) in [4.78, 5) is 0. The van der Waals surface area contributed by atoms with Crippen molar-refractivity contribution in [3.63, 3.8) is 0 Å². The van der Waals surface area contributed by atoms with Gasteiger partial charge in [-0.1, -0.05) is 17.2 Å². The number of hydrogen-bond acceptors (Lipinski definition) is 2. The van der Waals surface area contributed by atoms with Gasteiger partial charge in [-0.3, -0.25) is 0 Å². The first-order valence-corrected chi connectivity index (χ1v) is 3.72. The molecule has 0 aliphatic carbocycles. The van der Waals surface area contributed by atoms with E-state index in [4.69, 9.17) is 0 Å². The zero-order valence-electron chi connectivity index (χ0n) is 6.40. The zero-order valence-corrected chi connectivity index (χ0v) is 6.40. The Hall–Kier alpha value is -1.45. The van der Waals surface area contributed by atoms with E-state index in [1.807, 2.05) is 24.3 Å². The molecule has 0 saturated carbocycles.